The van der Waals surface area contributed by atoms with Gasteiger partial charge in [0.25, 0.3) is 0 Å². The van der Waals surface area contributed by atoms with Crippen molar-refractivity contribution in [3.63, 3.8) is 0 Å². The maximum absolute atomic E-state index is 4.69. The monoisotopic (exact) mass is 339 g/mol. The molecule has 1 aromatic carbocycles. The van der Waals surface area contributed by atoms with Crippen LogP contribution in [0.5, 0.6) is 0 Å². The van der Waals surface area contributed by atoms with Crippen LogP contribution in [0.3, 0.4) is 0 Å². The Morgan fingerprint density at radius 1 is 1.00 bits per heavy atom. The van der Waals surface area contributed by atoms with Gasteiger partial charge in [0.05, 0.1) is 0 Å². The Morgan fingerprint density at radius 2 is 1.80 bits per heavy atom. The predicted molar refractivity (Wildman–Crippen MR) is 104 cm³/mol. The first-order chi connectivity index (χ1) is 12.3. The molecule has 5 heteroatoms. The van der Waals surface area contributed by atoms with Gasteiger partial charge < -0.3 is 10.2 Å². The average molecular weight is 339 g/mol. The number of benzene rings is 1. The molecule has 1 aliphatic rings. The predicted octanol–water partition coefficient (Wildman–Crippen LogP) is 3.40. The van der Waals surface area contributed by atoms with Crippen molar-refractivity contribution in [3.05, 3.63) is 48.2 Å². The fourth-order valence-electron chi connectivity index (χ4n) is 3.16. The van der Waals surface area contributed by atoms with Crippen molar-refractivity contribution in [1.29, 1.82) is 0 Å². The summed E-state index contributed by atoms with van der Waals surface area (Å²) in [6, 6.07) is 12.7. The first kappa shape index (κ1) is 17.7. The van der Waals surface area contributed by atoms with Gasteiger partial charge in [0, 0.05) is 45.5 Å². The molecule has 2 heterocycles. The number of nitrogens with one attached hydrogen (secondary N) is 1. The molecule has 1 aromatic heterocycles. The molecule has 0 aliphatic carbocycles. The van der Waals surface area contributed by atoms with E-state index in [9.17, 15) is 0 Å². The number of unbranched alkanes of at least 4 members (excludes halogenated alkanes) is 2. The zero-order chi connectivity index (χ0) is 17.3. The van der Waals surface area contributed by atoms with Gasteiger partial charge in [-0.1, -0.05) is 50.1 Å². The fourth-order valence-corrected chi connectivity index (χ4v) is 3.16. The van der Waals surface area contributed by atoms with Crippen LogP contribution in [0.15, 0.2) is 42.6 Å². The third-order valence-electron chi connectivity index (χ3n) is 4.65. The van der Waals surface area contributed by atoms with E-state index in [-0.39, 0.29) is 0 Å². The van der Waals surface area contributed by atoms with Crippen molar-refractivity contribution >= 4 is 11.8 Å². The Labute approximate surface area is 151 Å². The number of nitrogens with zero attached hydrogens (tertiary/aromatic N) is 4. The molecule has 0 radical (unpaired) electrons. The van der Waals surface area contributed by atoms with E-state index in [1.54, 1.807) is 0 Å². The molecule has 134 valence electrons. The molecule has 1 aliphatic heterocycles. The Kier molecular flexibility index (Phi) is 6.63. The molecule has 1 N–H and O–H groups in total. The van der Waals surface area contributed by atoms with Crippen LogP contribution in [0.4, 0.5) is 11.8 Å². The van der Waals surface area contributed by atoms with Gasteiger partial charge in [-0.05, 0) is 18.1 Å². The number of aromatic nitrogens is 2. The van der Waals surface area contributed by atoms with E-state index in [0.29, 0.717) is 0 Å². The van der Waals surface area contributed by atoms with E-state index < -0.39 is 0 Å². The summed E-state index contributed by atoms with van der Waals surface area (Å²) >= 11 is 0. The van der Waals surface area contributed by atoms with Crippen molar-refractivity contribution in [2.24, 2.45) is 0 Å². The van der Waals surface area contributed by atoms with Crippen LogP contribution in [-0.4, -0.2) is 47.6 Å². The molecule has 2 aromatic rings. The number of anilines is 2. The van der Waals surface area contributed by atoms with Gasteiger partial charge in [0.15, 0.2) is 0 Å². The maximum Gasteiger partial charge on any atom is 0.224 e. The molecule has 0 amide bonds. The summed E-state index contributed by atoms with van der Waals surface area (Å²) in [5.74, 6) is 1.78. The van der Waals surface area contributed by atoms with Crippen LogP contribution in [0.2, 0.25) is 0 Å². The highest BCUT2D eigenvalue weighted by atomic mass is 15.3. The van der Waals surface area contributed by atoms with E-state index in [0.717, 1.165) is 51.0 Å². The molecular formula is C20H29N5. The Hall–Kier alpha value is -2.14. The summed E-state index contributed by atoms with van der Waals surface area (Å²) in [6.07, 6.45) is 5.51. The van der Waals surface area contributed by atoms with Crippen LogP contribution in [0, 0.1) is 0 Å². The zero-order valence-electron chi connectivity index (χ0n) is 15.2. The molecule has 1 fully saturated rings. The lowest BCUT2D eigenvalue weighted by Gasteiger charge is -2.35. The quantitative estimate of drug-likeness (QED) is 0.747. The molecule has 3 rings (SSSR count). The fraction of sp³-hybridized carbons (Fsp3) is 0.500. The minimum atomic E-state index is 0.750. The van der Waals surface area contributed by atoms with Crippen LogP contribution in [0.25, 0.3) is 0 Å². The molecule has 0 atom stereocenters. The van der Waals surface area contributed by atoms with Gasteiger partial charge in [-0.2, -0.15) is 4.98 Å². The average Bonchev–Trinajstić information content (AvgIpc) is 2.67. The normalized spacial score (nSPS) is 15.3. The topological polar surface area (TPSA) is 44.3 Å². The molecule has 0 spiro atoms. The Morgan fingerprint density at radius 3 is 2.56 bits per heavy atom. The molecule has 0 unspecified atom stereocenters. The van der Waals surface area contributed by atoms with Gasteiger partial charge in [0.2, 0.25) is 5.95 Å². The highest BCUT2D eigenvalue weighted by molar-refractivity contribution is 5.43. The van der Waals surface area contributed by atoms with Crippen molar-refractivity contribution in [3.8, 4) is 0 Å². The third-order valence-corrected chi connectivity index (χ3v) is 4.65. The minimum absolute atomic E-state index is 0.750. The standard InChI is InChI=1S/C20H29N5/c1-2-3-7-11-21-20-22-12-10-19(23-20)25-15-13-24(14-16-25)17-18-8-5-4-6-9-18/h4-6,8-10,12H,2-3,7,11,13-17H2,1H3,(H,21,22,23). The summed E-state index contributed by atoms with van der Waals surface area (Å²) in [4.78, 5) is 13.9. The lowest BCUT2D eigenvalue weighted by molar-refractivity contribution is 0.249. The summed E-state index contributed by atoms with van der Waals surface area (Å²) in [6.45, 7) is 8.36. The van der Waals surface area contributed by atoms with Crippen LogP contribution in [0.1, 0.15) is 31.7 Å². The Bertz CT molecular complexity index is 623. The second kappa shape index (κ2) is 9.37. The summed E-state index contributed by atoms with van der Waals surface area (Å²) in [7, 11) is 0. The zero-order valence-corrected chi connectivity index (χ0v) is 15.2. The van der Waals surface area contributed by atoms with Gasteiger partial charge in [-0.25, -0.2) is 4.98 Å². The largest absolute Gasteiger partial charge is 0.354 e. The summed E-state index contributed by atoms with van der Waals surface area (Å²) in [5.41, 5.74) is 1.39. The van der Waals surface area contributed by atoms with Crippen LogP contribution < -0.4 is 10.2 Å². The number of hydrogen-bond acceptors (Lipinski definition) is 5. The van der Waals surface area contributed by atoms with Gasteiger partial charge in [0.1, 0.15) is 5.82 Å². The number of hydrogen-bond donors (Lipinski definition) is 1. The first-order valence-electron chi connectivity index (χ1n) is 9.43. The first-order valence-corrected chi connectivity index (χ1v) is 9.43. The molecule has 5 nitrogen and oxygen atoms in total. The maximum atomic E-state index is 4.69. The van der Waals surface area contributed by atoms with Gasteiger partial charge in [-0.15, -0.1) is 0 Å². The van der Waals surface area contributed by atoms with Crippen molar-refractivity contribution < 1.29 is 0 Å². The van der Waals surface area contributed by atoms with E-state index in [4.69, 9.17) is 0 Å². The Balaban J connectivity index is 1.49. The second-order valence-electron chi connectivity index (χ2n) is 6.62. The van der Waals surface area contributed by atoms with Crippen molar-refractivity contribution in [1.82, 2.24) is 14.9 Å². The van der Waals surface area contributed by atoms with E-state index in [1.807, 2.05) is 12.3 Å². The summed E-state index contributed by atoms with van der Waals surface area (Å²) in [5, 5.41) is 3.34. The van der Waals surface area contributed by atoms with Crippen molar-refractivity contribution in [2.75, 3.05) is 42.9 Å². The van der Waals surface area contributed by atoms with E-state index >= 15 is 0 Å². The molecule has 0 saturated carbocycles. The third kappa shape index (κ3) is 5.43. The lowest BCUT2D eigenvalue weighted by atomic mass is 10.2. The molecule has 1 saturated heterocycles. The van der Waals surface area contributed by atoms with Crippen LogP contribution in [-0.2, 0) is 6.54 Å². The number of piperazine rings is 1. The molecule has 25 heavy (non-hydrogen) atoms. The lowest BCUT2D eigenvalue weighted by Crippen LogP contribution is -2.46. The van der Waals surface area contributed by atoms with Crippen molar-refractivity contribution in [2.45, 2.75) is 32.7 Å². The van der Waals surface area contributed by atoms with E-state index in [1.165, 1.54) is 24.8 Å². The second-order valence-corrected chi connectivity index (χ2v) is 6.62. The van der Waals surface area contributed by atoms with E-state index in [2.05, 4.69) is 62.3 Å². The van der Waals surface area contributed by atoms with Gasteiger partial charge >= 0.3 is 0 Å². The summed E-state index contributed by atoms with van der Waals surface area (Å²) < 4.78 is 0. The smallest absolute Gasteiger partial charge is 0.224 e. The molecular weight excluding hydrogens is 310 g/mol. The number of rotatable bonds is 8. The highest BCUT2D eigenvalue weighted by Gasteiger charge is 2.18. The minimum Gasteiger partial charge on any atom is -0.354 e. The highest BCUT2D eigenvalue weighted by Crippen LogP contribution is 2.16. The molecule has 0 bridgehead atoms. The van der Waals surface area contributed by atoms with Crippen LogP contribution >= 0.6 is 0 Å². The SMILES string of the molecule is CCCCCNc1nccc(N2CCN(Cc3ccccc3)CC2)n1. The van der Waals surface area contributed by atoms with Gasteiger partial charge in [-0.3, -0.25) is 4.90 Å².